The Morgan fingerprint density at radius 1 is 1.28 bits per heavy atom. The summed E-state index contributed by atoms with van der Waals surface area (Å²) in [6.45, 7) is 0. The highest BCUT2D eigenvalue weighted by atomic mass is 19.1. The van der Waals surface area contributed by atoms with Gasteiger partial charge in [-0.2, -0.15) is 5.10 Å². The molecule has 1 N–H and O–H groups in total. The summed E-state index contributed by atoms with van der Waals surface area (Å²) in [4.78, 5) is 0. The van der Waals surface area contributed by atoms with E-state index in [1.165, 1.54) is 18.2 Å². The molecule has 1 unspecified atom stereocenters. The van der Waals surface area contributed by atoms with E-state index < -0.39 is 11.6 Å². The first-order chi connectivity index (χ1) is 8.61. The molecular weight excluding hydrogens is 236 g/mol. The van der Waals surface area contributed by atoms with E-state index in [9.17, 15) is 8.78 Å². The summed E-state index contributed by atoms with van der Waals surface area (Å²) in [5.41, 5.74) is 0.852. The largest absolute Gasteiger partial charge is 0.311 e. The van der Waals surface area contributed by atoms with Gasteiger partial charge < -0.3 is 5.32 Å². The smallest absolute Gasteiger partial charge is 0.129 e. The first kappa shape index (κ1) is 12.7. The van der Waals surface area contributed by atoms with Crippen molar-refractivity contribution in [1.29, 1.82) is 0 Å². The average molecular weight is 251 g/mol. The maximum Gasteiger partial charge on any atom is 0.129 e. The van der Waals surface area contributed by atoms with Gasteiger partial charge in [-0.25, -0.2) is 8.78 Å². The molecule has 0 bridgehead atoms. The highest BCUT2D eigenvalue weighted by Crippen LogP contribution is 2.20. The van der Waals surface area contributed by atoms with E-state index in [4.69, 9.17) is 0 Å². The van der Waals surface area contributed by atoms with Crippen LogP contribution in [0.4, 0.5) is 8.78 Å². The van der Waals surface area contributed by atoms with Gasteiger partial charge in [0.05, 0.1) is 11.7 Å². The molecule has 1 aromatic carbocycles. The molecule has 0 aliphatic rings. The van der Waals surface area contributed by atoms with E-state index in [1.807, 2.05) is 6.07 Å². The predicted octanol–water partition coefficient (Wildman–Crippen LogP) is 2.20. The quantitative estimate of drug-likeness (QED) is 0.902. The van der Waals surface area contributed by atoms with Crippen molar-refractivity contribution < 1.29 is 8.78 Å². The van der Waals surface area contributed by atoms with Crippen molar-refractivity contribution in [3.8, 4) is 0 Å². The van der Waals surface area contributed by atoms with Crippen LogP contribution in [0.25, 0.3) is 0 Å². The number of benzene rings is 1. The van der Waals surface area contributed by atoms with Gasteiger partial charge in [-0.1, -0.05) is 6.07 Å². The summed E-state index contributed by atoms with van der Waals surface area (Å²) in [5, 5.41) is 7.27. The number of halogens is 2. The van der Waals surface area contributed by atoms with Crippen LogP contribution in [0.3, 0.4) is 0 Å². The van der Waals surface area contributed by atoms with E-state index in [1.54, 1.807) is 25.0 Å². The second-order valence-electron chi connectivity index (χ2n) is 4.16. The molecule has 2 aromatic rings. The Bertz CT molecular complexity index is 517. The number of hydrogen-bond acceptors (Lipinski definition) is 2. The second-order valence-corrected chi connectivity index (χ2v) is 4.16. The Hall–Kier alpha value is -1.75. The van der Waals surface area contributed by atoms with Crippen molar-refractivity contribution in [2.24, 2.45) is 7.05 Å². The van der Waals surface area contributed by atoms with E-state index in [2.05, 4.69) is 10.4 Å². The SMILES string of the molecule is CNC(Cc1c(F)cccc1F)c1ccn(C)n1. The number of rotatable bonds is 4. The van der Waals surface area contributed by atoms with Gasteiger partial charge in [0.1, 0.15) is 11.6 Å². The fourth-order valence-electron chi connectivity index (χ4n) is 1.90. The number of aromatic nitrogens is 2. The number of aryl methyl sites for hydroxylation is 1. The van der Waals surface area contributed by atoms with Crippen LogP contribution >= 0.6 is 0 Å². The first-order valence-corrected chi connectivity index (χ1v) is 5.71. The molecule has 3 nitrogen and oxygen atoms in total. The minimum atomic E-state index is -0.522. The van der Waals surface area contributed by atoms with Crippen LogP contribution in [-0.2, 0) is 13.5 Å². The normalized spacial score (nSPS) is 12.7. The van der Waals surface area contributed by atoms with Gasteiger partial charge in [0.2, 0.25) is 0 Å². The fourth-order valence-corrected chi connectivity index (χ4v) is 1.90. The molecule has 0 radical (unpaired) electrons. The lowest BCUT2D eigenvalue weighted by molar-refractivity contribution is 0.506. The molecular formula is C13H15F2N3. The molecule has 5 heteroatoms. The average Bonchev–Trinajstić information content (AvgIpc) is 2.76. The Balaban J connectivity index is 2.26. The molecule has 0 spiro atoms. The van der Waals surface area contributed by atoms with Gasteiger partial charge in [0, 0.05) is 18.8 Å². The molecule has 1 atom stereocenters. The Morgan fingerprint density at radius 3 is 2.44 bits per heavy atom. The van der Waals surface area contributed by atoms with Crippen molar-refractivity contribution >= 4 is 0 Å². The third-order valence-corrected chi connectivity index (χ3v) is 2.91. The maximum absolute atomic E-state index is 13.6. The molecule has 18 heavy (non-hydrogen) atoms. The minimum Gasteiger partial charge on any atom is -0.311 e. The molecule has 1 heterocycles. The number of nitrogens with zero attached hydrogens (tertiary/aromatic N) is 2. The summed E-state index contributed by atoms with van der Waals surface area (Å²) in [7, 11) is 3.55. The van der Waals surface area contributed by atoms with E-state index in [-0.39, 0.29) is 18.0 Å². The molecule has 0 amide bonds. The minimum absolute atomic E-state index is 0.0857. The van der Waals surface area contributed by atoms with Gasteiger partial charge in [-0.05, 0) is 31.7 Å². The lowest BCUT2D eigenvalue weighted by Crippen LogP contribution is -2.20. The molecule has 96 valence electrons. The van der Waals surface area contributed by atoms with Crippen molar-refractivity contribution in [1.82, 2.24) is 15.1 Å². The number of hydrogen-bond donors (Lipinski definition) is 1. The third-order valence-electron chi connectivity index (χ3n) is 2.91. The fraction of sp³-hybridized carbons (Fsp3) is 0.308. The van der Waals surface area contributed by atoms with E-state index in [0.29, 0.717) is 0 Å². The maximum atomic E-state index is 13.6. The van der Waals surface area contributed by atoms with Gasteiger partial charge in [0.15, 0.2) is 0 Å². The van der Waals surface area contributed by atoms with Crippen LogP contribution in [0, 0.1) is 11.6 Å². The zero-order valence-electron chi connectivity index (χ0n) is 10.3. The Labute approximate surface area is 104 Å². The molecule has 0 aliphatic carbocycles. The van der Waals surface area contributed by atoms with Crippen LogP contribution in [-0.4, -0.2) is 16.8 Å². The standard InChI is InChI=1S/C13H15F2N3/c1-16-13(12-6-7-18(2)17-12)8-9-10(14)4-3-5-11(9)15/h3-7,13,16H,8H2,1-2H3. The Kier molecular flexibility index (Phi) is 3.72. The monoisotopic (exact) mass is 251 g/mol. The predicted molar refractivity (Wildman–Crippen MR) is 65.1 cm³/mol. The lowest BCUT2D eigenvalue weighted by Gasteiger charge is -2.14. The number of likely N-dealkylation sites (N-methyl/N-ethyl adjacent to an activating group) is 1. The van der Waals surface area contributed by atoms with Crippen molar-refractivity contribution in [2.75, 3.05) is 7.05 Å². The summed E-state index contributed by atoms with van der Waals surface area (Å²) >= 11 is 0. The summed E-state index contributed by atoms with van der Waals surface area (Å²) in [5.74, 6) is -1.04. The highest BCUT2D eigenvalue weighted by molar-refractivity contribution is 5.22. The Morgan fingerprint density at radius 2 is 1.94 bits per heavy atom. The van der Waals surface area contributed by atoms with Gasteiger partial charge in [-0.15, -0.1) is 0 Å². The number of nitrogens with one attached hydrogen (secondary N) is 1. The first-order valence-electron chi connectivity index (χ1n) is 5.71. The van der Waals surface area contributed by atoms with Crippen molar-refractivity contribution in [3.05, 3.63) is 53.4 Å². The molecule has 0 aliphatic heterocycles. The van der Waals surface area contributed by atoms with Crippen molar-refractivity contribution in [3.63, 3.8) is 0 Å². The van der Waals surface area contributed by atoms with Crippen LogP contribution in [0.1, 0.15) is 17.3 Å². The van der Waals surface area contributed by atoms with E-state index >= 15 is 0 Å². The molecule has 1 aromatic heterocycles. The van der Waals surface area contributed by atoms with Gasteiger partial charge in [-0.3, -0.25) is 4.68 Å². The van der Waals surface area contributed by atoms with Crippen molar-refractivity contribution in [2.45, 2.75) is 12.5 Å². The van der Waals surface area contributed by atoms with Crippen LogP contribution < -0.4 is 5.32 Å². The zero-order valence-corrected chi connectivity index (χ0v) is 10.3. The molecule has 0 fully saturated rings. The van der Waals surface area contributed by atoms with Crippen LogP contribution in [0.5, 0.6) is 0 Å². The summed E-state index contributed by atoms with van der Waals surface area (Å²) < 4.78 is 28.8. The summed E-state index contributed by atoms with van der Waals surface area (Å²) in [6, 6.07) is 5.52. The van der Waals surface area contributed by atoms with Gasteiger partial charge in [0.25, 0.3) is 0 Å². The van der Waals surface area contributed by atoms with Gasteiger partial charge >= 0.3 is 0 Å². The molecule has 2 rings (SSSR count). The highest BCUT2D eigenvalue weighted by Gasteiger charge is 2.17. The van der Waals surface area contributed by atoms with Crippen LogP contribution in [0.15, 0.2) is 30.5 Å². The zero-order chi connectivity index (χ0) is 13.1. The van der Waals surface area contributed by atoms with Crippen LogP contribution in [0.2, 0.25) is 0 Å². The lowest BCUT2D eigenvalue weighted by atomic mass is 10.0. The summed E-state index contributed by atoms with van der Waals surface area (Å²) in [6.07, 6.45) is 2.03. The van der Waals surface area contributed by atoms with E-state index in [0.717, 1.165) is 5.69 Å². The third kappa shape index (κ3) is 2.56. The molecule has 0 saturated heterocycles. The molecule has 0 saturated carbocycles. The topological polar surface area (TPSA) is 29.9 Å². The second kappa shape index (κ2) is 5.27.